The number of benzene rings is 2. The van der Waals surface area contributed by atoms with Crippen LogP contribution in [0.2, 0.25) is 0 Å². The summed E-state index contributed by atoms with van der Waals surface area (Å²) in [7, 11) is 0. The molecule has 2 aliphatic carbocycles. The second-order valence-electron chi connectivity index (χ2n) is 9.44. The van der Waals surface area contributed by atoms with E-state index in [1.165, 1.54) is 22.3 Å². The van der Waals surface area contributed by atoms with E-state index in [1.54, 1.807) is 11.8 Å². The second kappa shape index (κ2) is 8.54. The summed E-state index contributed by atoms with van der Waals surface area (Å²) in [6.45, 7) is 3.39. The van der Waals surface area contributed by atoms with Crippen molar-refractivity contribution in [2.75, 3.05) is 26.2 Å². The fourth-order valence-electron chi connectivity index (χ4n) is 5.08. The molecular weight excluding hydrogens is 420 g/mol. The quantitative estimate of drug-likeness (QED) is 0.677. The lowest BCUT2D eigenvalue weighted by Crippen LogP contribution is -2.54. The minimum atomic E-state index is -0.816. The molecular formula is C26H28N2O5. The van der Waals surface area contributed by atoms with Crippen LogP contribution in [0.15, 0.2) is 48.5 Å². The number of alkyl carbamates (subject to hydrolysis) is 1. The van der Waals surface area contributed by atoms with Crippen molar-refractivity contribution in [3.63, 3.8) is 0 Å². The molecule has 1 aliphatic heterocycles. The summed E-state index contributed by atoms with van der Waals surface area (Å²) in [5.74, 6) is -1.09. The molecule has 33 heavy (non-hydrogen) atoms. The number of ether oxygens (including phenoxy) is 1. The molecule has 1 saturated carbocycles. The number of carbonyl (C=O) groups is 3. The molecule has 2 aromatic carbocycles. The van der Waals surface area contributed by atoms with Gasteiger partial charge in [0.15, 0.2) is 0 Å². The summed E-state index contributed by atoms with van der Waals surface area (Å²) in [6, 6.07) is 16.4. The average Bonchev–Trinajstić information content (AvgIpc) is 3.50. The van der Waals surface area contributed by atoms with Gasteiger partial charge in [0.1, 0.15) is 6.61 Å². The number of likely N-dealkylation sites (tertiary alicyclic amines) is 1. The van der Waals surface area contributed by atoms with Gasteiger partial charge in [-0.15, -0.1) is 0 Å². The van der Waals surface area contributed by atoms with Crippen LogP contribution in [0, 0.1) is 23.7 Å². The zero-order valence-electron chi connectivity index (χ0n) is 18.6. The Morgan fingerprint density at radius 2 is 1.67 bits per heavy atom. The average molecular weight is 449 g/mol. The van der Waals surface area contributed by atoms with Crippen molar-refractivity contribution < 1.29 is 24.2 Å². The van der Waals surface area contributed by atoms with Gasteiger partial charge in [-0.1, -0.05) is 55.5 Å². The molecule has 3 atom stereocenters. The number of hydrogen-bond donors (Lipinski definition) is 2. The third kappa shape index (κ3) is 4.08. The summed E-state index contributed by atoms with van der Waals surface area (Å²) in [5.41, 5.74) is 4.72. The zero-order valence-corrected chi connectivity index (χ0v) is 18.6. The van der Waals surface area contributed by atoms with Gasteiger partial charge < -0.3 is 20.1 Å². The highest BCUT2D eigenvalue weighted by Gasteiger charge is 2.48. The van der Waals surface area contributed by atoms with Crippen molar-refractivity contribution in [3.8, 4) is 11.1 Å². The Hall–Kier alpha value is -3.35. The number of fused-ring (bicyclic) bond motifs is 3. The lowest BCUT2D eigenvalue weighted by molar-refractivity contribution is -0.151. The fraction of sp³-hybridized carbons (Fsp3) is 0.423. The predicted molar refractivity (Wildman–Crippen MR) is 122 cm³/mol. The topological polar surface area (TPSA) is 95.9 Å². The van der Waals surface area contributed by atoms with Gasteiger partial charge in [0.05, 0.1) is 5.92 Å². The van der Waals surface area contributed by atoms with Gasteiger partial charge in [-0.2, -0.15) is 0 Å². The van der Waals surface area contributed by atoms with E-state index in [-0.39, 0.29) is 36.2 Å². The van der Waals surface area contributed by atoms with Crippen LogP contribution in [-0.4, -0.2) is 54.2 Å². The van der Waals surface area contributed by atoms with Crippen LogP contribution >= 0.6 is 0 Å². The van der Waals surface area contributed by atoms with Crippen LogP contribution in [0.4, 0.5) is 4.79 Å². The summed E-state index contributed by atoms with van der Waals surface area (Å²) in [4.78, 5) is 37.7. The molecule has 0 spiro atoms. The molecule has 1 saturated heterocycles. The predicted octanol–water partition coefficient (Wildman–Crippen LogP) is 3.34. The summed E-state index contributed by atoms with van der Waals surface area (Å²) in [6.07, 6.45) is 0.285. The first kappa shape index (κ1) is 21.5. The van der Waals surface area contributed by atoms with E-state index in [9.17, 15) is 14.4 Å². The maximum absolute atomic E-state index is 12.5. The highest BCUT2D eigenvalue weighted by Crippen LogP contribution is 2.44. The number of carboxylic acid groups (broad SMARTS) is 1. The van der Waals surface area contributed by atoms with Gasteiger partial charge in [0, 0.05) is 37.4 Å². The number of amides is 2. The van der Waals surface area contributed by atoms with Gasteiger partial charge in [0.25, 0.3) is 0 Å². The highest BCUT2D eigenvalue weighted by molar-refractivity contribution is 5.83. The minimum Gasteiger partial charge on any atom is -0.481 e. The van der Waals surface area contributed by atoms with Crippen LogP contribution in [0.5, 0.6) is 0 Å². The Morgan fingerprint density at radius 3 is 2.27 bits per heavy atom. The van der Waals surface area contributed by atoms with Gasteiger partial charge >= 0.3 is 12.1 Å². The number of nitrogens with one attached hydrogen (secondary N) is 1. The van der Waals surface area contributed by atoms with Crippen LogP contribution < -0.4 is 5.32 Å². The first-order chi connectivity index (χ1) is 15.9. The number of hydrogen-bond acceptors (Lipinski definition) is 4. The van der Waals surface area contributed by atoms with Crippen molar-refractivity contribution in [1.82, 2.24) is 10.2 Å². The molecule has 7 nitrogen and oxygen atoms in total. The van der Waals surface area contributed by atoms with Crippen molar-refractivity contribution in [1.29, 1.82) is 0 Å². The van der Waals surface area contributed by atoms with Crippen LogP contribution in [0.1, 0.15) is 30.4 Å². The number of rotatable bonds is 7. The van der Waals surface area contributed by atoms with Gasteiger partial charge in [-0.3, -0.25) is 9.59 Å². The summed E-state index contributed by atoms with van der Waals surface area (Å²) >= 11 is 0. The third-order valence-electron chi connectivity index (χ3n) is 7.41. The Bertz CT molecular complexity index is 1050. The summed E-state index contributed by atoms with van der Waals surface area (Å²) in [5, 5.41) is 11.9. The van der Waals surface area contributed by atoms with E-state index in [4.69, 9.17) is 9.84 Å². The molecule has 3 aliphatic rings. The van der Waals surface area contributed by atoms with E-state index in [0.717, 1.165) is 6.42 Å². The van der Waals surface area contributed by atoms with Crippen molar-refractivity contribution in [3.05, 3.63) is 59.7 Å². The van der Waals surface area contributed by atoms with Crippen LogP contribution in [0.25, 0.3) is 11.1 Å². The maximum atomic E-state index is 12.5. The molecule has 2 aromatic rings. The Labute approximate surface area is 192 Å². The van der Waals surface area contributed by atoms with E-state index < -0.39 is 18.0 Å². The van der Waals surface area contributed by atoms with Crippen molar-refractivity contribution in [2.24, 2.45) is 23.7 Å². The van der Waals surface area contributed by atoms with Crippen LogP contribution in [-0.2, 0) is 14.3 Å². The second-order valence-corrected chi connectivity index (χ2v) is 9.44. The zero-order chi connectivity index (χ0) is 23.1. The fourth-order valence-corrected chi connectivity index (χ4v) is 5.08. The maximum Gasteiger partial charge on any atom is 0.407 e. The molecule has 7 heteroatoms. The summed E-state index contributed by atoms with van der Waals surface area (Å²) < 4.78 is 5.56. The minimum absolute atomic E-state index is 0.0194. The molecule has 0 aromatic heterocycles. The highest BCUT2D eigenvalue weighted by atomic mass is 16.5. The van der Waals surface area contributed by atoms with Crippen molar-refractivity contribution in [2.45, 2.75) is 19.3 Å². The van der Waals surface area contributed by atoms with E-state index >= 15 is 0 Å². The number of aliphatic carboxylic acids is 1. The smallest absolute Gasteiger partial charge is 0.407 e. The lowest BCUT2D eigenvalue weighted by atomic mass is 9.87. The molecule has 172 valence electrons. The van der Waals surface area contributed by atoms with E-state index in [2.05, 4.69) is 29.6 Å². The van der Waals surface area contributed by atoms with Crippen molar-refractivity contribution >= 4 is 18.0 Å². The Morgan fingerprint density at radius 1 is 1.06 bits per heavy atom. The molecule has 0 radical (unpaired) electrons. The molecule has 1 unspecified atom stereocenters. The third-order valence-corrected chi connectivity index (χ3v) is 7.41. The van der Waals surface area contributed by atoms with E-state index in [0.29, 0.717) is 19.6 Å². The monoisotopic (exact) mass is 448 g/mol. The molecule has 5 rings (SSSR count). The Kier molecular flexibility index (Phi) is 5.56. The largest absolute Gasteiger partial charge is 0.481 e. The van der Waals surface area contributed by atoms with Gasteiger partial charge in [-0.25, -0.2) is 4.79 Å². The molecule has 2 amide bonds. The standard InChI is InChI=1S/C26H28N2O5/c1-15(25(30)31)17-12-28(13-17)24(29)22-10-16(22)11-27-26(32)33-14-23-20-8-4-2-6-18(20)19-7-3-5-9-21(19)23/h2-9,15-17,22-23H,10-14H2,1H3,(H,27,32)(H,30,31)/t15?,16-,22-/m1/s1. The number of carbonyl (C=O) groups excluding carboxylic acids is 2. The SMILES string of the molecule is CC(C(=O)O)C1CN(C(=O)[C@@H]2C[C@@H]2CNC(=O)OCC2c3ccccc3-c3ccccc32)C1. The van der Waals surface area contributed by atoms with Crippen LogP contribution in [0.3, 0.4) is 0 Å². The Balaban J connectivity index is 1.07. The lowest BCUT2D eigenvalue weighted by Gasteiger charge is -2.41. The van der Waals surface area contributed by atoms with E-state index in [1.807, 2.05) is 24.3 Å². The number of carboxylic acids is 1. The molecule has 2 fully saturated rings. The molecule has 1 heterocycles. The first-order valence-corrected chi connectivity index (χ1v) is 11.5. The normalized spacial score (nSPS) is 22.0. The van der Waals surface area contributed by atoms with Gasteiger partial charge in [-0.05, 0) is 34.6 Å². The molecule has 0 bridgehead atoms. The first-order valence-electron chi connectivity index (χ1n) is 11.5. The number of nitrogens with zero attached hydrogens (tertiary/aromatic N) is 1. The van der Waals surface area contributed by atoms with Gasteiger partial charge in [0.2, 0.25) is 5.91 Å². The molecule has 2 N–H and O–H groups in total.